The molecule has 1 heterocycles. The fourth-order valence-electron chi connectivity index (χ4n) is 0.834. The van der Waals surface area contributed by atoms with Crippen LogP contribution in [-0.4, -0.2) is 6.54 Å². The van der Waals surface area contributed by atoms with E-state index in [1.807, 2.05) is 0 Å². The SMILES string of the molecule is N#CCCNCc1cc(Br)c(Br)s1. The molecule has 1 N–H and O–H groups in total. The van der Waals surface area contributed by atoms with Gasteiger partial charge in [-0.15, -0.1) is 11.3 Å². The monoisotopic (exact) mass is 322 g/mol. The minimum absolute atomic E-state index is 0.563. The van der Waals surface area contributed by atoms with Gasteiger partial charge in [0.05, 0.1) is 9.86 Å². The molecule has 0 atom stereocenters. The average Bonchev–Trinajstić information content (AvgIpc) is 2.41. The lowest BCUT2D eigenvalue weighted by molar-refractivity contribution is 0.706. The third-order valence-corrected chi connectivity index (χ3v) is 4.67. The highest BCUT2D eigenvalue weighted by Gasteiger charge is 2.02. The van der Waals surface area contributed by atoms with Gasteiger partial charge in [0.1, 0.15) is 0 Å². The molecule has 0 saturated carbocycles. The van der Waals surface area contributed by atoms with Gasteiger partial charge in [-0.05, 0) is 37.9 Å². The Balaban J connectivity index is 2.34. The minimum Gasteiger partial charge on any atom is -0.311 e. The third-order valence-electron chi connectivity index (χ3n) is 1.41. The Morgan fingerprint density at radius 1 is 1.54 bits per heavy atom. The van der Waals surface area contributed by atoms with Gasteiger partial charge in [-0.2, -0.15) is 5.26 Å². The van der Waals surface area contributed by atoms with Crippen molar-refractivity contribution in [3.8, 4) is 6.07 Å². The van der Waals surface area contributed by atoms with E-state index in [0.717, 1.165) is 21.3 Å². The summed E-state index contributed by atoms with van der Waals surface area (Å²) in [6, 6.07) is 4.17. The molecule has 0 aliphatic heterocycles. The summed E-state index contributed by atoms with van der Waals surface area (Å²) < 4.78 is 2.21. The largest absolute Gasteiger partial charge is 0.311 e. The molecule has 70 valence electrons. The lowest BCUT2D eigenvalue weighted by Crippen LogP contribution is -2.12. The number of thiophene rings is 1. The number of hydrogen-bond donors (Lipinski definition) is 1. The summed E-state index contributed by atoms with van der Waals surface area (Å²) >= 11 is 8.55. The van der Waals surface area contributed by atoms with Crippen LogP contribution in [-0.2, 0) is 6.54 Å². The van der Waals surface area contributed by atoms with E-state index >= 15 is 0 Å². The van der Waals surface area contributed by atoms with Crippen molar-refractivity contribution in [1.82, 2.24) is 5.32 Å². The zero-order valence-electron chi connectivity index (χ0n) is 6.81. The Bertz CT molecular complexity index is 297. The van der Waals surface area contributed by atoms with Gasteiger partial charge in [0, 0.05) is 28.9 Å². The molecule has 1 aromatic heterocycles. The summed E-state index contributed by atoms with van der Waals surface area (Å²) in [5, 5.41) is 11.5. The molecule has 1 rings (SSSR count). The fraction of sp³-hybridized carbons (Fsp3) is 0.375. The molecule has 0 spiro atoms. The van der Waals surface area contributed by atoms with Gasteiger partial charge in [0.2, 0.25) is 0 Å². The predicted octanol–water partition coefficient (Wildman–Crippen LogP) is 3.28. The smallest absolute Gasteiger partial charge is 0.0843 e. The molecule has 0 aliphatic rings. The van der Waals surface area contributed by atoms with Crippen molar-refractivity contribution < 1.29 is 0 Å². The number of rotatable bonds is 4. The molecule has 2 nitrogen and oxygen atoms in total. The molecule has 0 fully saturated rings. The number of hydrogen-bond acceptors (Lipinski definition) is 3. The molecule has 13 heavy (non-hydrogen) atoms. The number of nitrogens with one attached hydrogen (secondary N) is 1. The van der Waals surface area contributed by atoms with Gasteiger partial charge < -0.3 is 5.32 Å². The van der Waals surface area contributed by atoms with Crippen LogP contribution in [0.15, 0.2) is 14.3 Å². The number of halogens is 2. The first-order valence-electron chi connectivity index (χ1n) is 3.75. The van der Waals surface area contributed by atoms with Crippen LogP contribution in [0.25, 0.3) is 0 Å². The van der Waals surface area contributed by atoms with E-state index in [1.165, 1.54) is 4.88 Å². The highest BCUT2D eigenvalue weighted by atomic mass is 79.9. The van der Waals surface area contributed by atoms with E-state index in [0.29, 0.717) is 6.42 Å². The first kappa shape index (κ1) is 11.2. The number of nitrogens with zero attached hydrogens (tertiary/aromatic N) is 1. The van der Waals surface area contributed by atoms with Gasteiger partial charge >= 0.3 is 0 Å². The summed E-state index contributed by atoms with van der Waals surface area (Å²) in [6.45, 7) is 1.58. The van der Waals surface area contributed by atoms with E-state index in [1.54, 1.807) is 11.3 Å². The van der Waals surface area contributed by atoms with Gasteiger partial charge in [-0.1, -0.05) is 0 Å². The summed E-state index contributed by atoms with van der Waals surface area (Å²) in [5.74, 6) is 0. The molecule has 0 amide bonds. The van der Waals surface area contributed by atoms with Crippen molar-refractivity contribution in [1.29, 1.82) is 5.26 Å². The molecule has 0 radical (unpaired) electrons. The molecule has 0 saturated heterocycles. The second kappa shape index (κ2) is 5.76. The molecule has 0 aromatic carbocycles. The first-order chi connectivity index (χ1) is 6.24. The average molecular weight is 324 g/mol. The zero-order valence-corrected chi connectivity index (χ0v) is 10.8. The maximum atomic E-state index is 8.31. The molecule has 1 aromatic rings. The van der Waals surface area contributed by atoms with Crippen LogP contribution in [0.5, 0.6) is 0 Å². The molecular formula is C8H8Br2N2S. The van der Waals surface area contributed by atoms with Crippen LogP contribution >= 0.6 is 43.2 Å². The molecular weight excluding hydrogens is 316 g/mol. The van der Waals surface area contributed by atoms with E-state index < -0.39 is 0 Å². The Morgan fingerprint density at radius 2 is 2.31 bits per heavy atom. The van der Waals surface area contributed by atoms with E-state index in [4.69, 9.17) is 5.26 Å². The fourth-order valence-corrected chi connectivity index (χ4v) is 2.98. The van der Waals surface area contributed by atoms with E-state index in [-0.39, 0.29) is 0 Å². The standard InChI is InChI=1S/C8H8Br2N2S/c9-7-4-6(13-8(7)10)5-12-3-1-2-11/h4,12H,1,3,5H2. The second-order valence-corrected chi connectivity index (χ2v) is 5.73. The van der Waals surface area contributed by atoms with E-state index in [2.05, 4.69) is 49.3 Å². The molecule has 0 aliphatic carbocycles. The summed E-state index contributed by atoms with van der Waals surface area (Å²) in [6.07, 6.45) is 0.563. The van der Waals surface area contributed by atoms with Crippen LogP contribution in [0, 0.1) is 11.3 Å². The lowest BCUT2D eigenvalue weighted by atomic mass is 10.4. The Hall–Kier alpha value is 0.110. The zero-order chi connectivity index (χ0) is 9.68. The first-order valence-corrected chi connectivity index (χ1v) is 6.15. The van der Waals surface area contributed by atoms with Gasteiger partial charge in [0.15, 0.2) is 0 Å². The van der Waals surface area contributed by atoms with Gasteiger partial charge in [0.25, 0.3) is 0 Å². The maximum absolute atomic E-state index is 8.31. The minimum atomic E-state index is 0.563. The lowest BCUT2D eigenvalue weighted by Gasteiger charge is -1.97. The highest BCUT2D eigenvalue weighted by Crippen LogP contribution is 2.32. The van der Waals surface area contributed by atoms with Crippen LogP contribution in [0.3, 0.4) is 0 Å². The van der Waals surface area contributed by atoms with Crippen molar-refractivity contribution in [2.45, 2.75) is 13.0 Å². The third kappa shape index (κ3) is 3.77. The maximum Gasteiger partial charge on any atom is 0.0843 e. The van der Waals surface area contributed by atoms with Crippen LogP contribution in [0.1, 0.15) is 11.3 Å². The van der Waals surface area contributed by atoms with Crippen molar-refractivity contribution >= 4 is 43.2 Å². The normalized spacial score (nSPS) is 9.92. The summed E-state index contributed by atoms with van der Waals surface area (Å²) in [7, 11) is 0. The van der Waals surface area contributed by atoms with Crippen LogP contribution < -0.4 is 5.32 Å². The Kier molecular flexibility index (Phi) is 4.96. The molecule has 5 heteroatoms. The van der Waals surface area contributed by atoms with Crippen LogP contribution in [0.2, 0.25) is 0 Å². The Labute approximate surface area is 98.2 Å². The van der Waals surface area contributed by atoms with Crippen molar-refractivity contribution in [3.05, 3.63) is 19.2 Å². The Morgan fingerprint density at radius 3 is 2.85 bits per heavy atom. The highest BCUT2D eigenvalue weighted by molar-refractivity contribution is 9.13. The number of nitriles is 1. The van der Waals surface area contributed by atoms with Gasteiger partial charge in [-0.25, -0.2) is 0 Å². The van der Waals surface area contributed by atoms with Gasteiger partial charge in [-0.3, -0.25) is 0 Å². The predicted molar refractivity (Wildman–Crippen MR) is 61.7 cm³/mol. The quantitative estimate of drug-likeness (QED) is 0.863. The topological polar surface area (TPSA) is 35.8 Å². The summed E-state index contributed by atoms with van der Waals surface area (Å²) in [5.41, 5.74) is 0. The summed E-state index contributed by atoms with van der Waals surface area (Å²) in [4.78, 5) is 1.26. The van der Waals surface area contributed by atoms with Crippen LogP contribution in [0.4, 0.5) is 0 Å². The molecule has 0 bridgehead atoms. The molecule has 0 unspecified atom stereocenters. The second-order valence-electron chi connectivity index (χ2n) is 2.42. The van der Waals surface area contributed by atoms with Crippen molar-refractivity contribution in [2.75, 3.05) is 6.54 Å². The van der Waals surface area contributed by atoms with Crippen molar-refractivity contribution in [3.63, 3.8) is 0 Å². The van der Waals surface area contributed by atoms with Crippen molar-refractivity contribution in [2.24, 2.45) is 0 Å². The van der Waals surface area contributed by atoms with E-state index in [9.17, 15) is 0 Å².